The number of carboxylic acids is 1. The van der Waals surface area contributed by atoms with E-state index in [-0.39, 0.29) is 37.3 Å². The minimum Gasteiger partial charge on any atom is -0.497 e. The van der Waals surface area contributed by atoms with E-state index in [0.717, 1.165) is 0 Å². The number of rotatable bonds is 9. The minimum atomic E-state index is -4.97. The summed E-state index contributed by atoms with van der Waals surface area (Å²) in [6.45, 7) is 1.02. The van der Waals surface area contributed by atoms with Gasteiger partial charge in [-0.2, -0.15) is 26.3 Å². The van der Waals surface area contributed by atoms with Crippen LogP contribution in [0.4, 0.5) is 30.7 Å². The highest BCUT2D eigenvalue weighted by Crippen LogP contribution is 2.38. The number of halogens is 7. The van der Waals surface area contributed by atoms with Crippen LogP contribution >= 0.6 is 0 Å². The van der Waals surface area contributed by atoms with Crippen molar-refractivity contribution in [2.24, 2.45) is 11.8 Å². The number of ether oxygens (including phenoxy) is 1. The molecule has 3 atom stereocenters. The second kappa shape index (κ2) is 13.8. The maximum atomic E-state index is 15.6. The molecule has 5 nitrogen and oxygen atoms in total. The smallest absolute Gasteiger partial charge is 0.416 e. The Kier molecular flexibility index (Phi) is 10.4. The molecule has 12 heteroatoms. The van der Waals surface area contributed by atoms with E-state index in [4.69, 9.17) is 4.74 Å². The van der Waals surface area contributed by atoms with Crippen LogP contribution in [0.1, 0.15) is 60.5 Å². The molecule has 1 aromatic heterocycles. The van der Waals surface area contributed by atoms with E-state index >= 15 is 4.39 Å². The standard InChI is InChI=1S/C32H31F7N2O3/c1-44-25-6-8-29-27(18-25)26(10-12-40-29)28(33)7-4-21-11-14-41(19-22(21)5-9-30(42)43)13-2-3-20-15-23(31(34,35)36)17-24(16-20)32(37,38)39/h6,8,10,12,15-18,21-22,28H,4-5,7,9,11,13-14,19H2,1H3,(H,42,43)/t21?,22?,28-/m0/s1. The normalized spacial score (nSPS) is 18.5. The summed E-state index contributed by atoms with van der Waals surface area (Å²) >= 11 is 0. The zero-order chi connectivity index (χ0) is 32.1. The minimum absolute atomic E-state index is 0.0252. The molecular weight excluding hydrogens is 593 g/mol. The first kappa shape index (κ1) is 33.1. The molecule has 0 spiro atoms. The van der Waals surface area contributed by atoms with Crippen LogP contribution in [-0.4, -0.2) is 47.7 Å². The van der Waals surface area contributed by atoms with Gasteiger partial charge in [0.1, 0.15) is 11.9 Å². The first-order valence-corrected chi connectivity index (χ1v) is 14.0. The molecule has 236 valence electrons. The van der Waals surface area contributed by atoms with Crippen molar-refractivity contribution in [3.05, 3.63) is 70.9 Å². The number of pyridine rings is 1. The molecule has 1 N–H and O–H groups in total. The number of carbonyl (C=O) groups is 1. The van der Waals surface area contributed by atoms with Gasteiger partial charge < -0.3 is 9.84 Å². The topological polar surface area (TPSA) is 62.7 Å². The molecule has 0 radical (unpaired) electrons. The fourth-order valence-corrected chi connectivity index (χ4v) is 5.66. The Balaban J connectivity index is 1.44. The summed E-state index contributed by atoms with van der Waals surface area (Å²) in [5, 5.41) is 9.91. The number of aromatic nitrogens is 1. The van der Waals surface area contributed by atoms with Gasteiger partial charge in [0.15, 0.2) is 0 Å². The lowest BCUT2D eigenvalue weighted by atomic mass is 9.79. The van der Waals surface area contributed by atoms with Crippen molar-refractivity contribution in [2.75, 3.05) is 26.7 Å². The first-order valence-electron chi connectivity index (χ1n) is 14.0. The average molecular weight is 625 g/mol. The molecule has 1 saturated heterocycles. The van der Waals surface area contributed by atoms with Gasteiger partial charge in [0, 0.05) is 30.1 Å². The lowest BCUT2D eigenvalue weighted by Gasteiger charge is -2.38. The maximum Gasteiger partial charge on any atom is 0.416 e. The lowest BCUT2D eigenvalue weighted by Crippen LogP contribution is -2.41. The summed E-state index contributed by atoms with van der Waals surface area (Å²) in [5.41, 5.74) is -2.14. The summed E-state index contributed by atoms with van der Waals surface area (Å²) in [5.74, 6) is 4.64. The van der Waals surface area contributed by atoms with Crippen molar-refractivity contribution in [1.82, 2.24) is 9.88 Å². The summed E-state index contributed by atoms with van der Waals surface area (Å²) in [7, 11) is 1.52. The number of hydrogen-bond acceptors (Lipinski definition) is 4. The predicted molar refractivity (Wildman–Crippen MR) is 150 cm³/mol. The number of likely N-dealkylation sites (tertiary alicyclic amines) is 1. The quantitative estimate of drug-likeness (QED) is 0.194. The largest absolute Gasteiger partial charge is 0.497 e. The van der Waals surface area contributed by atoms with Crippen molar-refractivity contribution in [3.63, 3.8) is 0 Å². The van der Waals surface area contributed by atoms with E-state index in [1.54, 1.807) is 30.5 Å². The van der Waals surface area contributed by atoms with Gasteiger partial charge in [-0.05, 0) is 92.1 Å². The van der Waals surface area contributed by atoms with Crippen LogP contribution in [0.5, 0.6) is 5.75 Å². The zero-order valence-corrected chi connectivity index (χ0v) is 23.8. The average Bonchev–Trinajstić information content (AvgIpc) is 2.97. The van der Waals surface area contributed by atoms with E-state index in [1.807, 2.05) is 4.90 Å². The third kappa shape index (κ3) is 8.62. The molecule has 1 aliphatic heterocycles. The third-order valence-corrected chi connectivity index (χ3v) is 7.94. The number of benzene rings is 2. The zero-order valence-electron chi connectivity index (χ0n) is 23.8. The second-order valence-electron chi connectivity index (χ2n) is 10.9. The van der Waals surface area contributed by atoms with Crippen molar-refractivity contribution < 1.29 is 45.4 Å². The number of fused-ring (bicyclic) bond motifs is 1. The highest BCUT2D eigenvalue weighted by atomic mass is 19.4. The molecule has 0 saturated carbocycles. The number of alkyl halides is 7. The number of aliphatic carboxylic acids is 1. The van der Waals surface area contributed by atoms with Gasteiger partial charge in [-0.3, -0.25) is 14.7 Å². The molecule has 1 fully saturated rings. The fraction of sp³-hybridized carbons (Fsp3) is 0.438. The van der Waals surface area contributed by atoms with Crippen LogP contribution in [0.25, 0.3) is 10.9 Å². The molecule has 1 aliphatic rings. The molecule has 2 unspecified atom stereocenters. The van der Waals surface area contributed by atoms with Crippen molar-refractivity contribution in [2.45, 2.75) is 50.6 Å². The highest BCUT2D eigenvalue weighted by Gasteiger charge is 2.37. The monoisotopic (exact) mass is 624 g/mol. The molecule has 0 amide bonds. The maximum absolute atomic E-state index is 15.6. The Hall–Kier alpha value is -3.85. The molecular formula is C32H31F7N2O3. The number of carboxylic acid groups (broad SMARTS) is 1. The van der Waals surface area contributed by atoms with E-state index < -0.39 is 41.2 Å². The van der Waals surface area contributed by atoms with Gasteiger partial charge in [0.05, 0.1) is 30.3 Å². The molecule has 0 aliphatic carbocycles. The molecule has 0 bridgehead atoms. The van der Waals surface area contributed by atoms with Gasteiger partial charge >= 0.3 is 18.3 Å². The molecule has 2 aromatic carbocycles. The molecule has 3 aromatic rings. The van der Waals surface area contributed by atoms with Gasteiger partial charge in [0.25, 0.3) is 0 Å². The number of methoxy groups -OCH3 is 1. The van der Waals surface area contributed by atoms with E-state index in [1.165, 1.54) is 7.11 Å². The van der Waals surface area contributed by atoms with Gasteiger partial charge in [0.2, 0.25) is 0 Å². The number of hydrogen-bond donors (Lipinski definition) is 1. The fourth-order valence-electron chi connectivity index (χ4n) is 5.66. The summed E-state index contributed by atoms with van der Waals surface area (Å²) < 4.78 is 99.9. The molecule has 4 rings (SSSR count). The first-order chi connectivity index (χ1) is 20.7. The van der Waals surface area contributed by atoms with E-state index in [0.29, 0.717) is 66.7 Å². The van der Waals surface area contributed by atoms with Crippen LogP contribution in [0, 0.1) is 23.7 Å². The SMILES string of the molecule is COc1ccc2nccc([C@@H](F)CCC3CCN(CC#Cc4cc(C(F)(F)F)cc(C(F)(F)F)c4)CC3CCC(=O)O)c2c1. The summed E-state index contributed by atoms with van der Waals surface area (Å²) in [6, 6.07) is 8.10. The van der Waals surface area contributed by atoms with Crippen LogP contribution in [0.3, 0.4) is 0 Å². The Morgan fingerprint density at radius 2 is 1.75 bits per heavy atom. The van der Waals surface area contributed by atoms with Crippen LogP contribution in [0.2, 0.25) is 0 Å². The Morgan fingerprint density at radius 1 is 1.05 bits per heavy atom. The number of nitrogens with zero attached hydrogens (tertiary/aromatic N) is 2. The van der Waals surface area contributed by atoms with Crippen LogP contribution in [0.15, 0.2) is 48.7 Å². The van der Waals surface area contributed by atoms with Gasteiger partial charge in [-0.15, -0.1) is 0 Å². The van der Waals surface area contributed by atoms with Crippen molar-refractivity contribution >= 4 is 16.9 Å². The Bertz CT molecular complexity index is 1500. The second-order valence-corrected chi connectivity index (χ2v) is 10.9. The van der Waals surface area contributed by atoms with Crippen molar-refractivity contribution in [3.8, 4) is 17.6 Å². The van der Waals surface area contributed by atoms with Gasteiger partial charge in [-0.25, -0.2) is 4.39 Å². The molecule has 44 heavy (non-hydrogen) atoms. The van der Waals surface area contributed by atoms with E-state index in [9.17, 15) is 36.2 Å². The lowest BCUT2D eigenvalue weighted by molar-refractivity contribution is -0.143. The van der Waals surface area contributed by atoms with Crippen LogP contribution < -0.4 is 4.74 Å². The third-order valence-electron chi connectivity index (χ3n) is 7.94. The Morgan fingerprint density at radius 3 is 2.39 bits per heavy atom. The highest BCUT2D eigenvalue weighted by molar-refractivity contribution is 5.83. The predicted octanol–water partition coefficient (Wildman–Crippen LogP) is 7.93. The summed E-state index contributed by atoms with van der Waals surface area (Å²) in [6.07, 6.45) is -8.08. The molecule has 2 heterocycles. The van der Waals surface area contributed by atoms with Crippen LogP contribution in [-0.2, 0) is 17.1 Å². The van der Waals surface area contributed by atoms with E-state index in [2.05, 4.69) is 16.8 Å². The Labute approximate surface area is 250 Å². The van der Waals surface area contributed by atoms with Gasteiger partial charge in [-0.1, -0.05) is 11.8 Å². The summed E-state index contributed by atoms with van der Waals surface area (Å²) in [4.78, 5) is 17.5. The van der Waals surface area contributed by atoms with Crippen molar-refractivity contribution in [1.29, 1.82) is 0 Å². The number of piperidine rings is 1.